The fourth-order valence-corrected chi connectivity index (χ4v) is 5.63. The number of nitrogens with one attached hydrogen (secondary N) is 1. The number of urea groups is 1. The molecule has 3 heterocycles. The fourth-order valence-electron chi connectivity index (χ4n) is 5.63. The number of morpholine rings is 1. The van der Waals surface area contributed by atoms with Crippen molar-refractivity contribution in [3.05, 3.63) is 107 Å². The maximum absolute atomic E-state index is 14.2. The second-order valence-corrected chi connectivity index (χ2v) is 10.4. The molecule has 3 aliphatic rings. The molecule has 0 saturated carbocycles. The van der Waals surface area contributed by atoms with Gasteiger partial charge >= 0.3 is 6.03 Å². The van der Waals surface area contributed by atoms with Gasteiger partial charge in [0.2, 0.25) is 5.91 Å². The number of nitrogens with zero attached hydrogens (tertiary/aromatic N) is 3. The second kappa shape index (κ2) is 11.5. The fraction of sp³-hybridized carbons (Fsp3) is 0.281. The number of likely N-dealkylation sites (N-methyl/N-ethyl adjacent to an activating group) is 1. The highest BCUT2D eigenvalue weighted by Crippen LogP contribution is 2.38. The summed E-state index contributed by atoms with van der Waals surface area (Å²) in [5.41, 5.74) is 2.76. The quantitative estimate of drug-likeness (QED) is 0.482. The van der Waals surface area contributed by atoms with E-state index < -0.39 is 12.1 Å². The third-order valence-electron chi connectivity index (χ3n) is 7.81. The summed E-state index contributed by atoms with van der Waals surface area (Å²) in [6.45, 7) is 2.07. The van der Waals surface area contributed by atoms with Crippen LogP contribution in [0.3, 0.4) is 0 Å². The van der Waals surface area contributed by atoms with E-state index in [9.17, 15) is 14.4 Å². The Morgan fingerprint density at radius 1 is 0.951 bits per heavy atom. The maximum atomic E-state index is 14.2. The Balaban J connectivity index is 1.32. The van der Waals surface area contributed by atoms with Crippen LogP contribution in [0.1, 0.15) is 17.2 Å². The van der Waals surface area contributed by atoms with E-state index in [4.69, 9.17) is 9.47 Å². The molecule has 0 unspecified atom stereocenters. The van der Waals surface area contributed by atoms with Crippen molar-refractivity contribution in [2.24, 2.45) is 0 Å². The lowest BCUT2D eigenvalue weighted by molar-refractivity contribution is -0.145. The van der Waals surface area contributed by atoms with Crippen LogP contribution in [0.25, 0.3) is 0 Å². The van der Waals surface area contributed by atoms with Gasteiger partial charge in [0.05, 0.1) is 37.1 Å². The highest BCUT2D eigenvalue weighted by molar-refractivity contribution is 6.03. The van der Waals surface area contributed by atoms with Crippen molar-refractivity contribution >= 4 is 17.8 Å². The molecule has 3 aromatic rings. The summed E-state index contributed by atoms with van der Waals surface area (Å²) in [6, 6.07) is 24.8. The first-order valence-electron chi connectivity index (χ1n) is 13.8. The molecule has 9 nitrogen and oxygen atoms in total. The molecule has 1 saturated heterocycles. The molecule has 2 atom stereocenters. The van der Waals surface area contributed by atoms with Gasteiger partial charge in [-0.05, 0) is 35.4 Å². The molecule has 9 heteroatoms. The Hall–Kier alpha value is -4.63. The summed E-state index contributed by atoms with van der Waals surface area (Å²) in [7, 11) is 1.66. The molecule has 210 valence electrons. The summed E-state index contributed by atoms with van der Waals surface area (Å²) in [6.07, 6.45) is 0.374. The van der Waals surface area contributed by atoms with Crippen LogP contribution in [0.15, 0.2) is 96.2 Å². The number of carbonyl (C=O) groups excluding carboxylic acids is 3. The lowest BCUT2D eigenvalue weighted by Gasteiger charge is -2.34. The van der Waals surface area contributed by atoms with E-state index in [-0.39, 0.29) is 24.4 Å². The van der Waals surface area contributed by atoms with E-state index in [1.807, 2.05) is 84.9 Å². The Morgan fingerprint density at radius 2 is 1.63 bits per heavy atom. The van der Waals surface area contributed by atoms with Gasteiger partial charge in [0.25, 0.3) is 5.91 Å². The Morgan fingerprint density at radius 3 is 2.37 bits per heavy atom. The topological polar surface area (TPSA) is 91.4 Å². The predicted octanol–water partition coefficient (Wildman–Crippen LogP) is 3.74. The van der Waals surface area contributed by atoms with Crippen LogP contribution < -0.4 is 10.1 Å². The van der Waals surface area contributed by atoms with E-state index in [2.05, 4.69) is 5.32 Å². The summed E-state index contributed by atoms with van der Waals surface area (Å²) in [5.74, 6) is 0.914. The maximum Gasteiger partial charge on any atom is 0.322 e. The molecule has 0 aliphatic carbocycles. The second-order valence-electron chi connectivity index (χ2n) is 10.4. The van der Waals surface area contributed by atoms with Gasteiger partial charge in [0, 0.05) is 26.6 Å². The number of benzene rings is 3. The molecule has 0 spiro atoms. The summed E-state index contributed by atoms with van der Waals surface area (Å²) >= 11 is 0. The predicted molar refractivity (Wildman–Crippen MR) is 152 cm³/mol. The van der Waals surface area contributed by atoms with E-state index in [0.717, 1.165) is 11.1 Å². The molecule has 0 radical (unpaired) electrons. The summed E-state index contributed by atoms with van der Waals surface area (Å²) in [5, 5.41) is 2.99. The van der Waals surface area contributed by atoms with Gasteiger partial charge in [-0.1, -0.05) is 60.7 Å². The van der Waals surface area contributed by atoms with Gasteiger partial charge < -0.3 is 24.6 Å². The molecule has 41 heavy (non-hydrogen) atoms. The highest BCUT2D eigenvalue weighted by atomic mass is 16.5. The molecule has 3 aliphatic heterocycles. The molecule has 4 amide bonds. The number of hydrogen-bond acceptors (Lipinski definition) is 5. The zero-order chi connectivity index (χ0) is 28.3. The van der Waals surface area contributed by atoms with Gasteiger partial charge in [0.15, 0.2) is 0 Å². The number of hydrogen-bond donors (Lipinski definition) is 1. The van der Waals surface area contributed by atoms with Gasteiger partial charge in [-0.15, -0.1) is 0 Å². The van der Waals surface area contributed by atoms with Crippen LogP contribution in [-0.4, -0.2) is 78.5 Å². The number of ether oxygens (including phenoxy) is 2. The lowest BCUT2D eigenvalue weighted by Crippen LogP contribution is -2.53. The number of carbonyl (C=O) groups is 3. The zero-order valence-corrected chi connectivity index (χ0v) is 22.9. The van der Waals surface area contributed by atoms with Crippen molar-refractivity contribution in [2.75, 3.05) is 39.9 Å². The third kappa shape index (κ3) is 5.40. The molecule has 0 aromatic heterocycles. The smallest absolute Gasteiger partial charge is 0.322 e. The SMILES string of the molecule is CN1C(=O)N[C@H](c2cccc(Oc3ccccc3)c2)C2=C1CN([C@@H](Cc1ccccc1)C(=O)N1CCOCC1)C2=O. The van der Waals surface area contributed by atoms with Crippen LogP contribution >= 0.6 is 0 Å². The average Bonchev–Trinajstić information content (AvgIpc) is 3.36. The number of amides is 4. The summed E-state index contributed by atoms with van der Waals surface area (Å²) < 4.78 is 11.5. The zero-order valence-electron chi connectivity index (χ0n) is 22.9. The molecular weight excluding hydrogens is 520 g/mol. The lowest BCUT2D eigenvalue weighted by atomic mass is 9.95. The molecule has 0 bridgehead atoms. The van der Waals surface area contributed by atoms with Crippen LogP contribution in [0.2, 0.25) is 0 Å². The molecule has 3 aromatic carbocycles. The Labute approximate surface area is 238 Å². The van der Waals surface area contributed by atoms with Crippen LogP contribution in [0, 0.1) is 0 Å². The van der Waals surface area contributed by atoms with Crippen molar-refractivity contribution in [2.45, 2.75) is 18.5 Å². The average molecular weight is 553 g/mol. The Bertz CT molecular complexity index is 1470. The van der Waals surface area contributed by atoms with Crippen LogP contribution in [-0.2, 0) is 20.7 Å². The van der Waals surface area contributed by atoms with Gasteiger partial charge in [0.1, 0.15) is 17.5 Å². The third-order valence-corrected chi connectivity index (χ3v) is 7.81. The minimum atomic E-state index is -0.717. The number of para-hydroxylation sites is 1. The van der Waals surface area contributed by atoms with Crippen LogP contribution in [0.5, 0.6) is 11.5 Å². The van der Waals surface area contributed by atoms with Crippen molar-refractivity contribution in [3.8, 4) is 11.5 Å². The highest BCUT2D eigenvalue weighted by Gasteiger charge is 2.47. The number of rotatable bonds is 7. The minimum Gasteiger partial charge on any atom is -0.457 e. The van der Waals surface area contributed by atoms with Gasteiger partial charge in [-0.2, -0.15) is 0 Å². The largest absolute Gasteiger partial charge is 0.457 e. The van der Waals surface area contributed by atoms with E-state index in [1.54, 1.807) is 16.8 Å². The first-order chi connectivity index (χ1) is 20.0. The van der Waals surface area contributed by atoms with Gasteiger partial charge in [-0.25, -0.2) is 4.79 Å². The molecule has 1 fully saturated rings. The van der Waals surface area contributed by atoms with Crippen molar-refractivity contribution < 1.29 is 23.9 Å². The van der Waals surface area contributed by atoms with Crippen LogP contribution in [0.4, 0.5) is 4.79 Å². The van der Waals surface area contributed by atoms with E-state index >= 15 is 0 Å². The van der Waals surface area contributed by atoms with E-state index in [0.29, 0.717) is 55.5 Å². The first-order valence-corrected chi connectivity index (χ1v) is 13.8. The molecular formula is C32H32N4O5. The Kier molecular flexibility index (Phi) is 7.43. The standard InChI is InChI=1S/C32H32N4O5/c1-34-27-21-36(26(19-22-9-4-2-5-10-22)30(37)35-15-17-40-18-16-35)31(38)28(27)29(33-32(34)39)23-11-8-14-25(20-23)41-24-12-6-3-7-13-24/h2-14,20,26,29H,15-19,21H2,1H3,(H,33,39)/t26-,29+/m0/s1. The van der Waals surface area contributed by atoms with Gasteiger partial charge in [-0.3, -0.25) is 14.5 Å². The van der Waals surface area contributed by atoms with Crippen molar-refractivity contribution in [1.82, 2.24) is 20.0 Å². The minimum absolute atomic E-state index is 0.109. The summed E-state index contributed by atoms with van der Waals surface area (Å²) in [4.78, 5) is 46.1. The monoisotopic (exact) mass is 552 g/mol. The first kappa shape index (κ1) is 26.6. The van der Waals surface area contributed by atoms with E-state index in [1.165, 1.54) is 4.90 Å². The normalized spacial score (nSPS) is 19.6. The molecule has 1 N–H and O–H groups in total. The molecule has 6 rings (SSSR count). The van der Waals surface area contributed by atoms with Crippen molar-refractivity contribution in [3.63, 3.8) is 0 Å². The van der Waals surface area contributed by atoms with Crippen molar-refractivity contribution in [1.29, 1.82) is 0 Å².